The monoisotopic (exact) mass is 352 g/mol. The maximum absolute atomic E-state index is 12.4. The minimum absolute atomic E-state index is 0.0246. The molecule has 0 bridgehead atoms. The molecule has 0 radical (unpaired) electrons. The van der Waals surface area contributed by atoms with E-state index in [-0.39, 0.29) is 22.2 Å². The number of amides is 1. The molecule has 0 saturated heterocycles. The molecule has 2 aromatic rings. The topological polar surface area (TPSA) is 105 Å². The third-order valence-corrected chi connectivity index (χ3v) is 4.47. The maximum Gasteiger partial charge on any atom is 0.263 e. The zero-order valence-corrected chi connectivity index (χ0v) is 14.6. The van der Waals surface area contributed by atoms with Crippen LogP contribution in [0, 0.1) is 6.92 Å². The third kappa shape index (κ3) is 4.80. The van der Waals surface area contributed by atoms with Crippen LogP contribution in [0.5, 0.6) is 0 Å². The largest absolute Gasteiger partial charge is 0.360 e. The van der Waals surface area contributed by atoms with Gasteiger partial charge in [-0.15, -0.1) is 0 Å². The molecule has 0 aliphatic carbocycles. The van der Waals surface area contributed by atoms with Gasteiger partial charge in [0.25, 0.3) is 15.9 Å². The van der Waals surface area contributed by atoms with E-state index in [1.807, 2.05) is 19.0 Å². The van der Waals surface area contributed by atoms with Gasteiger partial charge in [0.1, 0.15) is 5.76 Å². The Morgan fingerprint density at radius 2 is 2.04 bits per heavy atom. The van der Waals surface area contributed by atoms with Crippen LogP contribution < -0.4 is 10.0 Å². The summed E-state index contributed by atoms with van der Waals surface area (Å²) < 4.78 is 31.9. The predicted octanol–water partition coefficient (Wildman–Crippen LogP) is 1.08. The number of carbonyl (C=O) groups is 1. The van der Waals surface area contributed by atoms with Gasteiger partial charge in [0, 0.05) is 24.7 Å². The second kappa shape index (κ2) is 7.45. The number of nitrogens with one attached hydrogen (secondary N) is 2. The van der Waals surface area contributed by atoms with Crippen molar-refractivity contribution in [1.82, 2.24) is 15.4 Å². The minimum atomic E-state index is -3.85. The molecule has 0 aliphatic rings. The summed E-state index contributed by atoms with van der Waals surface area (Å²) in [7, 11) is -0.0518. The lowest BCUT2D eigenvalue weighted by molar-refractivity contribution is 0.0951. The molecule has 9 heteroatoms. The van der Waals surface area contributed by atoms with E-state index < -0.39 is 10.0 Å². The molecule has 0 aliphatic heterocycles. The number of sulfonamides is 1. The van der Waals surface area contributed by atoms with Crippen molar-refractivity contribution in [1.29, 1.82) is 0 Å². The highest BCUT2D eigenvalue weighted by atomic mass is 32.2. The number of likely N-dealkylation sites (N-methyl/N-ethyl adjacent to an activating group) is 1. The van der Waals surface area contributed by atoms with Crippen molar-refractivity contribution < 1.29 is 17.7 Å². The summed E-state index contributed by atoms with van der Waals surface area (Å²) in [6, 6.07) is 7.27. The van der Waals surface area contributed by atoms with Crippen molar-refractivity contribution in [2.24, 2.45) is 0 Å². The smallest absolute Gasteiger partial charge is 0.263 e. The standard InChI is InChI=1S/C15H20N4O4S/c1-11-9-14(17-23-11)18-24(21,22)13-6-4-5-12(10-13)15(20)16-7-8-19(2)3/h4-6,9-10H,7-8H2,1-3H3,(H,16,20)(H,17,18). The average Bonchev–Trinajstić information content (AvgIpc) is 2.91. The Morgan fingerprint density at radius 1 is 1.29 bits per heavy atom. The van der Waals surface area contributed by atoms with Crippen molar-refractivity contribution in [2.45, 2.75) is 11.8 Å². The first-order valence-electron chi connectivity index (χ1n) is 7.27. The molecule has 1 amide bonds. The highest BCUT2D eigenvalue weighted by Crippen LogP contribution is 2.17. The molecule has 1 aromatic carbocycles. The molecule has 24 heavy (non-hydrogen) atoms. The second-order valence-corrected chi connectivity index (χ2v) is 7.20. The van der Waals surface area contributed by atoms with Gasteiger partial charge in [-0.25, -0.2) is 8.42 Å². The van der Waals surface area contributed by atoms with Crippen molar-refractivity contribution in [3.05, 3.63) is 41.7 Å². The molecule has 2 rings (SSSR count). The van der Waals surface area contributed by atoms with Crippen molar-refractivity contribution >= 4 is 21.7 Å². The minimum Gasteiger partial charge on any atom is -0.360 e. The molecule has 2 N–H and O–H groups in total. The van der Waals surface area contributed by atoms with Gasteiger partial charge >= 0.3 is 0 Å². The van der Waals surface area contributed by atoms with Gasteiger partial charge in [-0.05, 0) is 39.2 Å². The van der Waals surface area contributed by atoms with Gasteiger partial charge in [0.05, 0.1) is 4.90 Å². The van der Waals surface area contributed by atoms with Crippen LogP contribution in [0.1, 0.15) is 16.1 Å². The number of rotatable bonds is 7. The number of aromatic nitrogens is 1. The molecule has 0 saturated carbocycles. The van der Waals surface area contributed by atoms with E-state index in [2.05, 4.69) is 15.2 Å². The second-order valence-electron chi connectivity index (χ2n) is 5.52. The van der Waals surface area contributed by atoms with Crippen LogP contribution in [0.3, 0.4) is 0 Å². The number of anilines is 1. The van der Waals surface area contributed by atoms with Gasteiger partial charge < -0.3 is 14.7 Å². The van der Waals surface area contributed by atoms with Crippen LogP contribution in [-0.4, -0.2) is 51.6 Å². The summed E-state index contributed by atoms with van der Waals surface area (Å²) >= 11 is 0. The molecule has 0 unspecified atom stereocenters. The van der Waals surface area contributed by atoms with E-state index in [4.69, 9.17) is 4.52 Å². The third-order valence-electron chi connectivity index (χ3n) is 3.12. The number of benzene rings is 1. The predicted molar refractivity (Wildman–Crippen MR) is 89.4 cm³/mol. The summed E-state index contributed by atoms with van der Waals surface area (Å²) in [5.41, 5.74) is 0.271. The van der Waals surface area contributed by atoms with E-state index in [9.17, 15) is 13.2 Å². The van der Waals surface area contributed by atoms with Crippen molar-refractivity contribution in [3.63, 3.8) is 0 Å². The fourth-order valence-electron chi connectivity index (χ4n) is 1.91. The number of carbonyl (C=O) groups excluding carboxylic acids is 1. The first kappa shape index (κ1) is 18.0. The number of nitrogens with zero attached hydrogens (tertiary/aromatic N) is 2. The van der Waals surface area contributed by atoms with E-state index in [0.717, 1.165) is 0 Å². The van der Waals surface area contributed by atoms with Gasteiger partial charge in [0.2, 0.25) is 0 Å². The number of aryl methyl sites for hydroxylation is 1. The molecule has 8 nitrogen and oxygen atoms in total. The zero-order valence-electron chi connectivity index (χ0n) is 13.7. The van der Waals surface area contributed by atoms with E-state index >= 15 is 0 Å². The molecule has 0 fully saturated rings. The number of hydrogen-bond acceptors (Lipinski definition) is 6. The van der Waals surface area contributed by atoms with Crippen molar-refractivity contribution in [3.8, 4) is 0 Å². The Hall–Kier alpha value is -2.39. The van der Waals surface area contributed by atoms with Crippen LogP contribution in [0.2, 0.25) is 0 Å². The van der Waals surface area contributed by atoms with Gasteiger partial charge in [0.15, 0.2) is 5.82 Å². The van der Waals surface area contributed by atoms with E-state index in [0.29, 0.717) is 18.8 Å². The fourth-order valence-corrected chi connectivity index (χ4v) is 2.94. The Balaban J connectivity index is 2.12. The molecular formula is C15H20N4O4S. The molecule has 1 heterocycles. The molecule has 0 spiro atoms. The first-order chi connectivity index (χ1) is 11.3. The molecule has 0 atom stereocenters. The quantitative estimate of drug-likeness (QED) is 0.772. The summed E-state index contributed by atoms with van der Waals surface area (Å²) in [6.45, 7) is 2.82. The summed E-state index contributed by atoms with van der Waals surface area (Å²) in [6.07, 6.45) is 0. The Labute approximate surface area is 140 Å². The van der Waals surface area contributed by atoms with Gasteiger partial charge in [-0.2, -0.15) is 0 Å². The maximum atomic E-state index is 12.4. The van der Waals surface area contributed by atoms with Gasteiger partial charge in [-0.3, -0.25) is 9.52 Å². The lowest BCUT2D eigenvalue weighted by Crippen LogP contribution is -2.31. The van der Waals surface area contributed by atoms with Crippen LogP contribution in [0.4, 0.5) is 5.82 Å². The summed E-state index contributed by atoms with van der Waals surface area (Å²) in [5.74, 6) is 0.251. The average molecular weight is 352 g/mol. The number of hydrogen-bond donors (Lipinski definition) is 2. The Morgan fingerprint density at radius 3 is 2.67 bits per heavy atom. The van der Waals surface area contributed by atoms with E-state index in [1.165, 1.54) is 24.3 Å². The highest BCUT2D eigenvalue weighted by Gasteiger charge is 2.18. The lowest BCUT2D eigenvalue weighted by Gasteiger charge is -2.11. The fraction of sp³-hybridized carbons (Fsp3) is 0.333. The van der Waals surface area contributed by atoms with Crippen molar-refractivity contribution in [2.75, 3.05) is 31.9 Å². The van der Waals surface area contributed by atoms with Crippen LogP contribution in [-0.2, 0) is 10.0 Å². The summed E-state index contributed by atoms with van der Waals surface area (Å²) in [5, 5.41) is 6.33. The van der Waals surface area contributed by atoms with E-state index in [1.54, 1.807) is 13.0 Å². The molecule has 1 aromatic heterocycles. The lowest BCUT2D eigenvalue weighted by atomic mass is 10.2. The normalized spacial score (nSPS) is 11.5. The van der Waals surface area contributed by atoms with Gasteiger partial charge in [-0.1, -0.05) is 11.2 Å². The molecule has 130 valence electrons. The SMILES string of the molecule is Cc1cc(NS(=O)(=O)c2cccc(C(=O)NCCN(C)C)c2)no1. The Bertz CT molecular complexity index is 814. The first-order valence-corrected chi connectivity index (χ1v) is 8.75. The highest BCUT2D eigenvalue weighted by molar-refractivity contribution is 7.92. The van der Waals surface area contributed by atoms with Crippen LogP contribution in [0.25, 0.3) is 0 Å². The summed E-state index contributed by atoms with van der Waals surface area (Å²) in [4.78, 5) is 14.0. The zero-order chi connectivity index (χ0) is 17.7. The molecular weight excluding hydrogens is 332 g/mol. The Kier molecular flexibility index (Phi) is 5.58. The van der Waals surface area contributed by atoms with Crippen LogP contribution in [0.15, 0.2) is 39.8 Å². The van der Waals surface area contributed by atoms with Crippen LogP contribution >= 0.6 is 0 Å².